The highest BCUT2D eigenvalue weighted by atomic mass is 32.1. The Morgan fingerprint density at radius 3 is 2.00 bits per heavy atom. The monoisotopic (exact) mass is 583 g/mol. The van der Waals surface area contributed by atoms with Crippen molar-refractivity contribution < 1.29 is 0 Å². The van der Waals surface area contributed by atoms with Gasteiger partial charge in [-0.25, -0.2) is 9.97 Å². The van der Waals surface area contributed by atoms with E-state index in [4.69, 9.17) is 9.97 Å². The average molecular weight is 584 g/mol. The fourth-order valence-corrected chi connectivity index (χ4v) is 8.81. The van der Waals surface area contributed by atoms with Crippen LogP contribution in [-0.4, -0.2) is 14.5 Å². The third-order valence-electron chi connectivity index (χ3n) is 8.59. The van der Waals surface area contributed by atoms with E-state index in [2.05, 4.69) is 132 Å². The van der Waals surface area contributed by atoms with Crippen molar-refractivity contribution in [1.82, 2.24) is 14.5 Å². The predicted octanol–water partition coefficient (Wildman–Crippen LogP) is 11.1. The highest BCUT2D eigenvalue weighted by molar-refractivity contribution is 7.26. The number of rotatable bonds is 2. The lowest BCUT2D eigenvalue weighted by atomic mass is 10.1. The lowest BCUT2D eigenvalue weighted by Gasteiger charge is -2.11. The maximum absolute atomic E-state index is 5.43. The van der Waals surface area contributed by atoms with Gasteiger partial charge in [-0.2, -0.15) is 0 Å². The van der Waals surface area contributed by atoms with Crippen molar-refractivity contribution in [2.45, 2.75) is 0 Å². The molecule has 3 nitrogen and oxygen atoms in total. The third kappa shape index (κ3) is 3.35. The van der Waals surface area contributed by atoms with Crippen LogP contribution in [0.4, 0.5) is 0 Å². The minimum absolute atomic E-state index is 0.745. The molecule has 43 heavy (non-hydrogen) atoms. The van der Waals surface area contributed by atoms with Crippen molar-refractivity contribution >= 4 is 95.7 Å². The van der Waals surface area contributed by atoms with Crippen LogP contribution >= 0.6 is 22.7 Å². The van der Waals surface area contributed by atoms with Gasteiger partial charge in [0.15, 0.2) is 11.6 Å². The van der Waals surface area contributed by atoms with Gasteiger partial charge in [-0.1, -0.05) is 78.9 Å². The maximum atomic E-state index is 5.43. The number of aromatic nitrogens is 3. The van der Waals surface area contributed by atoms with E-state index >= 15 is 0 Å². The van der Waals surface area contributed by atoms with Gasteiger partial charge in [-0.15, -0.1) is 22.7 Å². The predicted molar refractivity (Wildman–Crippen MR) is 185 cm³/mol. The molecule has 0 spiro atoms. The van der Waals surface area contributed by atoms with Crippen LogP contribution in [0.1, 0.15) is 0 Å². The number of benzene rings is 6. The molecule has 0 saturated carbocycles. The van der Waals surface area contributed by atoms with Crippen molar-refractivity contribution in [1.29, 1.82) is 0 Å². The van der Waals surface area contributed by atoms with Gasteiger partial charge in [0.25, 0.3) is 0 Å². The zero-order valence-corrected chi connectivity index (χ0v) is 24.4. The Morgan fingerprint density at radius 1 is 0.465 bits per heavy atom. The summed E-state index contributed by atoms with van der Waals surface area (Å²) in [6.07, 6.45) is 0. The van der Waals surface area contributed by atoms with Gasteiger partial charge >= 0.3 is 0 Å². The van der Waals surface area contributed by atoms with E-state index in [1.807, 2.05) is 11.3 Å². The molecule has 0 radical (unpaired) electrons. The van der Waals surface area contributed by atoms with Crippen LogP contribution in [0.25, 0.3) is 90.3 Å². The number of fused-ring (bicyclic) bond motifs is 10. The zero-order chi connectivity index (χ0) is 28.1. The van der Waals surface area contributed by atoms with Gasteiger partial charge in [0.1, 0.15) is 0 Å². The molecule has 0 fully saturated rings. The van der Waals surface area contributed by atoms with Gasteiger partial charge in [0, 0.05) is 46.6 Å². The molecule has 4 heterocycles. The number of hydrogen-bond donors (Lipinski definition) is 0. The van der Waals surface area contributed by atoms with Crippen molar-refractivity contribution in [3.63, 3.8) is 0 Å². The minimum Gasteiger partial charge on any atom is -0.292 e. The van der Waals surface area contributed by atoms with Crippen LogP contribution in [0.3, 0.4) is 0 Å². The van der Waals surface area contributed by atoms with E-state index in [0.29, 0.717) is 0 Å². The summed E-state index contributed by atoms with van der Waals surface area (Å²) < 4.78 is 7.26. The molecule has 4 aromatic heterocycles. The average Bonchev–Trinajstić information content (AvgIpc) is 3.72. The lowest BCUT2D eigenvalue weighted by molar-refractivity contribution is 1.08. The molecule has 200 valence electrons. The molecule has 6 aromatic carbocycles. The third-order valence-corrected chi connectivity index (χ3v) is 10.9. The topological polar surface area (TPSA) is 30.7 Å². The van der Waals surface area contributed by atoms with Crippen LogP contribution < -0.4 is 0 Å². The first-order chi connectivity index (χ1) is 21.3. The molecule has 0 saturated heterocycles. The maximum Gasteiger partial charge on any atom is 0.162 e. The first-order valence-electron chi connectivity index (χ1n) is 14.3. The van der Waals surface area contributed by atoms with E-state index in [1.54, 1.807) is 11.3 Å². The molecule has 0 aliphatic heterocycles. The number of nitrogens with zero attached hydrogens (tertiary/aromatic N) is 3. The van der Waals surface area contributed by atoms with E-state index in [-0.39, 0.29) is 0 Å². The van der Waals surface area contributed by atoms with E-state index in [9.17, 15) is 0 Å². The molecule has 0 atom stereocenters. The van der Waals surface area contributed by atoms with E-state index in [1.165, 1.54) is 51.8 Å². The van der Waals surface area contributed by atoms with Crippen molar-refractivity contribution in [3.8, 4) is 17.2 Å². The summed E-state index contributed by atoms with van der Waals surface area (Å²) in [6.45, 7) is 0. The van der Waals surface area contributed by atoms with Crippen LogP contribution in [0.2, 0.25) is 0 Å². The molecule has 5 heteroatoms. The first kappa shape index (κ1) is 23.5. The van der Waals surface area contributed by atoms with Crippen LogP contribution in [0, 0.1) is 0 Å². The smallest absolute Gasteiger partial charge is 0.162 e. The molecule has 0 aliphatic carbocycles. The summed E-state index contributed by atoms with van der Waals surface area (Å²) >= 11 is 3.61. The van der Waals surface area contributed by atoms with E-state index in [0.717, 1.165) is 38.5 Å². The Morgan fingerprint density at radius 2 is 1.14 bits per heavy atom. The quantitative estimate of drug-likeness (QED) is 0.203. The molecular formula is C38H21N3S2. The molecule has 0 unspecified atom stereocenters. The normalized spacial score (nSPS) is 12.2. The van der Waals surface area contributed by atoms with Gasteiger partial charge < -0.3 is 0 Å². The Kier molecular flexibility index (Phi) is 4.75. The summed E-state index contributed by atoms with van der Waals surface area (Å²) in [7, 11) is 0. The fraction of sp³-hybridized carbons (Fsp3) is 0. The van der Waals surface area contributed by atoms with Crippen LogP contribution in [0.15, 0.2) is 127 Å². The van der Waals surface area contributed by atoms with Gasteiger partial charge in [-0.05, 0) is 59.3 Å². The standard InChI is InChI=1S/C38H21N3S2/c1-2-10-23-21-31-28(19-22(23)9-1)25-11-3-6-14-30(25)41(31)38-36-35(27-13-5-8-16-33(27)43-36)39-37(40-38)24-17-18-34-29(20-24)26-12-4-7-15-32(26)42-34/h1-21H. The van der Waals surface area contributed by atoms with Crippen molar-refractivity contribution in [3.05, 3.63) is 127 Å². The second kappa shape index (κ2) is 8.71. The largest absolute Gasteiger partial charge is 0.292 e. The molecule has 0 bridgehead atoms. The molecule has 10 aromatic rings. The SMILES string of the molecule is c1ccc2cc3c(cc2c1)c1ccccc1n3-c1nc(-c2ccc3sc4ccccc4c3c2)nc2c1sc1ccccc12. The summed E-state index contributed by atoms with van der Waals surface area (Å²) in [6, 6.07) is 45.8. The fourth-order valence-electron chi connectivity index (χ4n) is 6.61. The number of thiophene rings is 2. The Bertz CT molecular complexity index is 2750. The zero-order valence-electron chi connectivity index (χ0n) is 22.8. The van der Waals surface area contributed by atoms with Gasteiger partial charge in [-0.3, -0.25) is 4.57 Å². The molecule has 0 aliphatic rings. The highest BCUT2D eigenvalue weighted by Crippen LogP contribution is 2.42. The second-order valence-corrected chi connectivity index (χ2v) is 13.2. The van der Waals surface area contributed by atoms with E-state index < -0.39 is 0 Å². The Balaban J connectivity index is 1.35. The molecule has 10 rings (SSSR count). The summed E-state index contributed by atoms with van der Waals surface area (Å²) in [4.78, 5) is 10.7. The summed E-state index contributed by atoms with van der Waals surface area (Å²) in [5.74, 6) is 1.67. The van der Waals surface area contributed by atoms with Crippen LogP contribution in [0.5, 0.6) is 0 Å². The number of hydrogen-bond acceptors (Lipinski definition) is 4. The highest BCUT2D eigenvalue weighted by Gasteiger charge is 2.21. The Labute approximate surface area is 253 Å². The summed E-state index contributed by atoms with van der Waals surface area (Å²) in [5.41, 5.74) is 4.33. The first-order valence-corrected chi connectivity index (χ1v) is 16.0. The lowest BCUT2D eigenvalue weighted by Crippen LogP contribution is -2.01. The van der Waals surface area contributed by atoms with Gasteiger partial charge in [0.2, 0.25) is 0 Å². The second-order valence-electron chi connectivity index (χ2n) is 11.0. The number of para-hydroxylation sites is 1. The molecule has 0 N–H and O–H groups in total. The van der Waals surface area contributed by atoms with Crippen molar-refractivity contribution in [2.75, 3.05) is 0 Å². The molecule has 0 amide bonds. The molecular weight excluding hydrogens is 563 g/mol. The van der Waals surface area contributed by atoms with Crippen molar-refractivity contribution in [2.24, 2.45) is 0 Å². The minimum atomic E-state index is 0.745. The summed E-state index contributed by atoms with van der Waals surface area (Å²) in [5, 5.41) is 8.61. The van der Waals surface area contributed by atoms with Gasteiger partial charge in [0.05, 0.1) is 21.3 Å². The van der Waals surface area contributed by atoms with Crippen LogP contribution in [-0.2, 0) is 0 Å². The Hall–Kier alpha value is -5.10.